The minimum Gasteiger partial charge on any atom is -0.496 e. The number of hydrogen-bond donors (Lipinski definition) is 1. The zero-order valence-electron chi connectivity index (χ0n) is 19.2. The number of ether oxygens (including phenoxy) is 1. The van der Waals surface area contributed by atoms with Gasteiger partial charge in [0.25, 0.3) is 0 Å². The van der Waals surface area contributed by atoms with E-state index in [0.717, 1.165) is 41.1 Å². The van der Waals surface area contributed by atoms with Crippen LogP contribution in [-0.2, 0) is 4.79 Å². The third-order valence-corrected chi connectivity index (χ3v) is 7.77. The van der Waals surface area contributed by atoms with Crippen molar-refractivity contribution in [1.29, 1.82) is 0 Å². The molecule has 1 fully saturated rings. The van der Waals surface area contributed by atoms with Crippen molar-refractivity contribution in [1.82, 2.24) is 10.2 Å². The second-order valence-electron chi connectivity index (χ2n) is 8.54. The quantitative estimate of drug-likeness (QED) is 0.519. The largest absolute Gasteiger partial charge is 0.496 e. The third-order valence-electron chi connectivity index (χ3n) is 6.08. The zero-order valence-corrected chi connectivity index (χ0v) is 21.6. The molecule has 2 aromatic rings. The van der Waals surface area contributed by atoms with Crippen molar-refractivity contribution < 1.29 is 9.53 Å². The molecule has 33 heavy (non-hydrogen) atoms. The van der Waals surface area contributed by atoms with Crippen LogP contribution < -0.4 is 15.0 Å². The van der Waals surface area contributed by atoms with E-state index in [4.69, 9.17) is 4.74 Å². The number of carbonyl (C=O) groups excluding carboxylic acids is 1. The van der Waals surface area contributed by atoms with Gasteiger partial charge >= 0.3 is 0 Å². The van der Waals surface area contributed by atoms with E-state index < -0.39 is 0 Å². The molecule has 1 saturated heterocycles. The van der Waals surface area contributed by atoms with Crippen molar-refractivity contribution in [3.8, 4) is 5.75 Å². The Balaban J connectivity index is 1.40. The van der Waals surface area contributed by atoms with Crippen LogP contribution in [0.25, 0.3) is 6.08 Å². The number of amides is 1. The Hall–Kier alpha value is -1.96. The smallest absolute Gasteiger partial charge is 0.239 e. The molecule has 0 unspecified atom stereocenters. The van der Waals surface area contributed by atoms with Crippen LogP contribution in [0.4, 0.5) is 5.69 Å². The molecule has 176 valence electrons. The Kier molecular flexibility index (Phi) is 8.75. The second-order valence-corrected chi connectivity index (χ2v) is 10.6. The number of rotatable bonds is 7. The molecular formula is C26H32BrN3O2S. The molecule has 2 aromatic carbocycles. The maximum Gasteiger partial charge on any atom is 0.239 e. The van der Waals surface area contributed by atoms with Gasteiger partial charge in [-0.3, -0.25) is 4.79 Å². The minimum absolute atomic E-state index is 0.0815. The molecule has 5 nitrogen and oxygen atoms in total. The molecule has 0 spiro atoms. The van der Waals surface area contributed by atoms with Crippen molar-refractivity contribution in [2.45, 2.75) is 30.6 Å². The number of fused-ring (bicyclic) bond motifs is 1. The molecule has 2 aliphatic heterocycles. The van der Waals surface area contributed by atoms with Crippen molar-refractivity contribution in [3.63, 3.8) is 0 Å². The molecule has 0 saturated carbocycles. The van der Waals surface area contributed by atoms with Crippen LogP contribution in [0, 0.1) is 0 Å². The summed E-state index contributed by atoms with van der Waals surface area (Å²) in [5.41, 5.74) is 2.23. The fourth-order valence-corrected chi connectivity index (χ4v) is 6.07. The number of hydrogen-bond acceptors (Lipinski definition) is 5. The number of halogens is 1. The van der Waals surface area contributed by atoms with Gasteiger partial charge in [0.05, 0.1) is 23.8 Å². The van der Waals surface area contributed by atoms with Gasteiger partial charge in [-0.2, -0.15) is 0 Å². The van der Waals surface area contributed by atoms with Crippen LogP contribution in [-0.4, -0.2) is 57.2 Å². The topological polar surface area (TPSA) is 44.8 Å². The van der Waals surface area contributed by atoms with Gasteiger partial charge in [0.15, 0.2) is 0 Å². The third kappa shape index (κ3) is 6.78. The van der Waals surface area contributed by atoms with Gasteiger partial charge in [0, 0.05) is 29.4 Å². The molecule has 1 amide bonds. The molecule has 0 aliphatic carbocycles. The summed E-state index contributed by atoms with van der Waals surface area (Å²) in [6, 6.07) is 14.4. The Morgan fingerprint density at radius 3 is 2.70 bits per heavy atom. The minimum atomic E-state index is 0.0815. The van der Waals surface area contributed by atoms with E-state index in [1.54, 1.807) is 18.9 Å². The maximum atomic E-state index is 12.8. The van der Waals surface area contributed by atoms with Crippen molar-refractivity contribution in [2.75, 3.05) is 51.3 Å². The average Bonchev–Trinajstić information content (AvgIpc) is 3.08. The lowest BCUT2D eigenvalue weighted by Crippen LogP contribution is -2.42. The van der Waals surface area contributed by atoms with E-state index in [0.29, 0.717) is 19.6 Å². The van der Waals surface area contributed by atoms with Crippen molar-refractivity contribution in [2.24, 2.45) is 0 Å². The number of likely N-dealkylation sites (tertiary alicyclic amines) is 1. The standard InChI is InChI=1S/C26H32BrN3O2S/c1-32-24-11-10-20(17-22(24)27)16-21-18-30(23-8-4-5-9-25(23)33-21)19-26(31)28-12-15-29-13-6-2-3-7-14-29/h4-5,8-11,16-17H,2-3,6-7,12-15,18-19H2,1H3,(H,28,31). The number of nitrogens with one attached hydrogen (secondary N) is 1. The summed E-state index contributed by atoms with van der Waals surface area (Å²) in [6.45, 7) is 5.04. The number of methoxy groups -OCH3 is 1. The second kappa shape index (κ2) is 12.0. The number of carbonyl (C=O) groups is 1. The molecule has 0 atom stereocenters. The van der Waals surface area contributed by atoms with Gasteiger partial charge in [0.1, 0.15) is 5.75 Å². The fourth-order valence-electron chi connectivity index (χ4n) is 4.37. The van der Waals surface area contributed by atoms with Crippen LogP contribution in [0.15, 0.2) is 56.7 Å². The number of thioether (sulfide) groups is 1. The molecule has 4 rings (SSSR count). The SMILES string of the molecule is COc1ccc(C=C2CN(CC(=O)NCCN3CCCCCC3)c3ccccc3S2)cc1Br. The molecule has 0 aromatic heterocycles. The van der Waals surface area contributed by atoms with Crippen molar-refractivity contribution in [3.05, 3.63) is 57.4 Å². The van der Waals surface area contributed by atoms with E-state index in [2.05, 4.69) is 67.5 Å². The Morgan fingerprint density at radius 2 is 1.94 bits per heavy atom. The first-order valence-corrected chi connectivity index (χ1v) is 13.3. The molecule has 0 radical (unpaired) electrons. The zero-order chi connectivity index (χ0) is 23.0. The summed E-state index contributed by atoms with van der Waals surface area (Å²) >= 11 is 5.34. The molecule has 0 bridgehead atoms. The van der Waals surface area contributed by atoms with Crippen LogP contribution in [0.3, 0.4) is 0 Å². The van der Waals surface area contributed by atoms with Gasteiger partial charge in [-0.1, -0.05) is 42.8 Å². The van der Waals surface area contributed by atoms with Gasteiger partial charge in [-0.25, -0.2) is 0 Å². The van der Waals surface area contributed by atoms with Gasteiger partial charge < -0.3 is 19.9 Å². The first-order valence-electron chi connectivity index (χ1n) is 11.7. The van der Waals surface area contributed by atoms with Gasteiger partial charge in [-0.05, 0) is 77.8 Å². The Bertz CT molecular complexity index is 989. The maximum absolute atomic E-state index is 12.8. The van der Waals surface area contributed by atoms with Crippen LogP contribution in [0.2, 0.25) is 0 Å². The van der Waals surface area contributed by atoms with E-state index in [1.165, 1.54) is 35.5 Å². The van der Waals surface area contributed by atoms with Crippen LogP contribution in [0.1, 0.15) is 31.2 Å². The predicted molar refractivity (Wildman–Crippen MR) is 141 cm³/mol. The highest BCUT2D eigenvalue weighted by molar-refractivity contribution is 9.10. The number of benzene rings is 2. The van der Waals surface area contributed by atoms with E-state index in [9.17, 15) is 4.79 Å². The number of para-hydroxylation sites is 1. The summed E-state index contributed by atoms with van der Waals surface area (Å²) in [5.74, 6) is 0.898. The first-order chi connectivity index (χ1) is 16.1. The summed E-state index contributed by atoms with van der Waals surface area (Å²) in [4.78, 5) is 19.8. The van der Waals surface area contributed by atoms with E-state index in [-0.39, 0.29) is 5.91 Å². The average molecular weight is 531 g/mol. The number of nitrogens with zero attached hydrogens (tertiary/aromatic N) is 2. The Labute approximate surface area is 209 Å². The molecule has 7 heteroatoms. The highest BCUT2D eigenvalue weighted by atomic mass is 79.9. The molecule has 2 heterocycles. The summed E-state index contributed by atoms with van der Waals surface area (Å²) < 4.78 is 6.28. The van der Waals surface area contributed by atoms with E-state index >= 15 is 0 Å². The predicted octanol–water partition coefficient (Wildman–Crippen LogP) is 5.40. The fraction of sp³-hybridized carbons (Fsp3) is 0.423. The molecular weight excluding hydrogens is 498 g/mol. The van der Waals surface area contributed by atoms with Gasteiger partial charge in [-0.15, -0.1) is 0 Å². The monoisotopic (exact) mass is 529 g/mol. The highest BCUT2D eigenvalue weighted by Gasteiger charge is 2.22. The lowest BCUT2D eigenvalue weighted by molar-refractivity contribution is -0.119. The van der Waals surface area contributed by atoms with E-state index in [1.807, 2.05) is 12.1 Å². The van der Waals surface area contributed by atoms with Gasteiger partial charge in [0.2, 0.25) is 5.91 Å². The summed E-state index contributed by atoms with van der Waals surface area (Å²) in [6.07, 6.45) is 7.40. The van der Waals surface area contributed by atoms with Crippen LogP contribution >= 0.6 is 27.7 Å². The van der Waals surface area contributed by atoms with Crippen molar-refractivity contribution >= 4 is 45.4 Å². The normalized spacial score (nSPS) is 18.0. The lowest BCUT2D eigenvalue weighted by atomic mass is 10.2. The lowest BCUT2D eigenvalue weighted by Gasteiger charge is -2.32. The summed E-state index contributed by atoms with van der Waals surface area (Å²) in [7, 11) is 1.67. The Morgan fingerprint density at radius 1 is 1.15 bits per heavy atom. The number of anilines is 1. The molecule has 2 aliphatic rings. The van der Waals surface area contributed by atoms with Crippen LogP contribution in [0.5, 0.6) is 5.75 Å². The summed E-state index contributed by atoms with van der Waals surface area (Å²) in [5, 5.41) is 3.14. The highest BCUT2D eigenvalue weighted by Crippen LogP contribution is 2.41. The first kappa shape index (κ1) is 24.2. The molecule has 1 N–H and O–H groups in total.